The van der Waals surface area contributed by atoms with Gasteiger partial charge in [0, 0.05) is 24.7 Å². The number of rotatable bonds is 5. The molecule has 1 unspecified atom stereocenters. The summed E-state index contributed by atoms with van der Waals surface area (Å²) in [5.74, 6) is -0.913. The molecule has 3 aromatic heterocycles. The van der Waals surface area contributed by atoms with E-state index in [2.05, 4.69) is 31.0 Å². The van der Waals surface area contributed by atoms with Gasteiger partial charge < -0.3 is 10.2 Å². The molecule has 2 aliphatic rings. The van der Waals surface area contributed by atoms with Gasteiger partial charge in [-0.25, -0.2) is 14.3 Å². The van der Waals surface area contributed by atoms with Crippen molar-refractivity contribution in [2.75, 3.05) is 5.32 Å². The summed E-state index contributed by atoms with van der Waals surface area (Å²) in [6.45, 7) is 0.233. The first kappa shape index (κ1) is 22.3. The number of benzene rings is 1. The molecule has 1 atom stereocenters. The van der Waals surface area contributed by atoms with Gasteiger partial charge in [0.05, 0.1) is 30.0 Å². The van der Waals surface area contributed by atoms with Crippen LogP contribution in [0.4, 0.5) is 5.69 Å². The largest absolute Gasteiger partial charge is 0.322 e. The average molecular weight is 497 g/mol. The maximum atomic E-state index is 12.9. The highest BCUT2D eigenvalue weighted by Gasteiger charge is 2.39. The standard InChI is InChI=1S/C24H19N9O4/c34-21-7-6-19(23(36)28-21)31-11-14-9-16(4-5-17(14)24(31)37)32-13-18(29-30-32)22(35)27-15-10-26-33(12-15)20-3-1-2-8-25-20/h1-5,8-10,12-13,19H,6-7,11H2,(H,27,35)(H,28,34,36). The van der Waals surface area contributed by atoms with Crippen LogP contribution in [0.15, 0.2) is 61.2 Å². The zero-order valence-electron chi connectivity index (χ0n) is 19.2. The van der Waals surface area contributed by atoms with Gasteiger partial charge in [-0.15, -0.1) is 5.10 Å². The van der Waals surface area contributed by atoms with Crippen LogP contribution in [-0.4, -0.2) is 64.3 Å². The van der Waals surface area contributed by atoms with E-state index >= 15 is 0 Å². The molecule has 4 aromatic rings. The van der Waals surface area contributed by atoms with E-state index in [-0.39, 0.29) is 30.5 Å². The van der Waals surface area contributed by atoms with Gasteiger partial charge in [0.1, 0.15) is 6.04 Å². The van der Waals surface area contributed by atoms with Gasteiger partial charge in [0.25, 0.3) is 11.8 Å². The van der Waals surface area contributed by atoms with Crippen LogP contribution in [0.1, 0.15) is 39.3 Å². The van der Waals surface area contributed by atoms with Crippen LogP contribution < -0.4 is 10.6 Å². The molecule has 0 aliphatic carbocycles. The Labute approximate surface area is 209 Å². The molecule has 6 rings (SSSR count). The van der Waals surface area contributed by atoms with Crippen LogP contribution >= 0.6 is 0 Å². The number of nitrogens with zero attached hydrogens (tertiary/aromatic N) is 7. The number of anilines is 1. The highest BCUT2D eigenvalue weighted by molar-refractivity contribution is 6.05. The maximum absolute atomic E-state index is 12.9. The average Bonchev–Trinajstić information content (AvgIpc) is 3.64. The summed E-state index contributed by atoms with van der Waals surface area (Å²) >= 11 is 0. The lowest BCUT2D eigenvalue weighted by Crippen LogP contribution is -2.52. The minimum absolute atomic E-state index is 0.0901. The Morgan fingerprint density at radius 2 is 1.97 bits per heavy atom. The first-order valence-corrected chi connectivity index (χ1v) is 11.4. The summed E-state index contributed by atoms with van der Waals surface area (Å²) in [7, 11) is 0. The quantitative estimate of drug-likeness (QED) is 0.385. The van der Waals surface area contributed by atoms with Gasteiger partial charge in [-0.1, -0.05) is 11.3 Å². The van der Waals surface area contributed by atoms with E-state index in [1.807, 2.05) is 6.07 Å². The summed E-state index contributed by atoms with van der Waals surface area (Å²) in [5, 5.41) is 17.2. The number of fused-ring (bicyclic) bond motifs is 1. The molecule has 0 radical (unpaired) electrons. The SMILES string of the molecule is O=C1CCC(N2Cc3cc(-n4cc(C(=O)Nc5cnn(-c6ccccn6)c5)nn4)ccc3C2=O)C(=O)N1. The molecule has 13 nitrogen and oxygen atoms in total. The molecular formula is C24H19N9O4. The molecule has 2 N–H and O–H groups in total. The van der Waals surface area contributed by atoms with E-state index in [4.69, 9.17) is 0 Å². The first-order chi connectivity index (χ1) is 18.0. The fourth-order valence-electron chi connectivity index (χ4n) is 4.39. The lowest BCUT2D eigenvalue weighted by Gasteiger charge is -2.29. The number of amides is 4. The Morgan fingerprint density at radius 3 is 2.78 bits per heavy atom. The highest BCUT2D eigenvalue weighted by atomic mass is 16.2. The molecule has 5 heterocycles. The molecule has 1 aromatic carbocycles. The molecule has 2 aliphatic heterocycles. The maximum Gasteiger partial charge on any atom is 0.277 e. The van der Waals surface area contributed by atoms with Crippen molar-refractivity contribution < 1.29 is 19.2 Å². The van der Waals surface area contributed by atoms with Gasteiger partial charge in [-0.3, -0.25) is 24.5 Å². The Bertz CT molecular complexity index is 1560. The fraction of sp³-hybridized carbons (Fsp3) is 0.167. The van der Waals surface area contributed by atoms with Gasteiger partial charge in [0.2, 0.25) is 11.8 Å². The van der Waals surface area contributed by atoms with Crippen molar-refractivity contribution >= 4 is 29.3 Å². The molecule has 37 heavy (non-hydrogen) atoms. The van der Waals surface area contributed by atoms with Crippen LogP contribution in [0.25, 0.3) is 11.5 Å². The summed E-state index contributed by atoms with van der Waals surface area (Å²) < 4.78 is 2.97. The van der Waals surface area contributed by atoms with Crippen molar-refractivity contribution in [1.82, 2.24) is 40.0 Å². The second-order valence-corrected chi connectivity index (χ2v) is 8.61. The van der Waals surface area contributed by atoms with Crippen molar-refractivity contribution in [1.29, 1.82) is 0 Å². The molecule has 1 saturated heterocycles. The van der Waals surface area contributed by atoms with Crippen molar-refractivity contribution in [3.63, 3.8) is 0 Å². The van der Waals surface area contributed by atoms with Gasteiger partial charge in [-0.2, -0.15) is 5.10 Å². The normalized spacial score (nSPS) is 17.0. The van der Waals surface area contributed by atoms with Crippen LogP contribution in [0, 0.1) is 0 Å². The molecule has 0 saturated carbocycles. The molecule has 184 valence electrons. The summed E-state index contributed by atoms with van der Waals surface area (Å²) in [5.41, 5.74) is 2.36. The molecule has 1 fully saturated rings. The summed E-state index contributed by atoms with van der Waals surface area (Å²) in [4.78, 5) is 55.0. The minimum Gasteiger partial charge on any atom is -0.322 e. The van der Waals surface area contributed by atoms with Crippen LogP contribution in [0.5, 0.6) is 0 Å². The highest BCUT2D eigenvalue weighted by Crippen LogP contribution is 2.29. The fourth-order valence-corrected chi connectivity index (χ4v) is 4.39. The third-order valence-corrected chi connectivity index (χ3v) is 6.22. The number of imide groups is 1. The number of pyridine rings is 1. The zero-order chi connectivity index (χ0) is 25.5. The number of aromatic nitrogens is 6. The summed E-state index contributed by atoms with van der Waals surface area (Å²) in [6.07, 6.45) is 6.75. The van der Waals surface area contributed by atoms with Gasteiger partial charge in [0.15, 0.2) is 11.5 Å². The van der Waals surface area contributed by atoms with Crippen molar-refractivity contribution in [2.24, 2.45) is 0 Å². The van der Waals surface area contributed by atoms with E-state index in [1.54, 1.807) is 42.7 Å². The summed E-state index contributed by atoms with van der Waals surface area (Å²) in [6, 6.07) is 9.85. The van der Waals surface area contributed by atoms with Crippen molar-refractivity contribution in [3.05, 3.63) is 78.0 Å². The number of piperidine rings is 1. The topological polar surface area (TPSA) is 157 Å². The Balaban J connectivity index is 1.16. The van der Waals surface area contributed by atoms with E-state index in [9.17, 15) is 19.2 Å². The van der Waals surface area contributed by atoms with E-state index < -0.39 is 17.9 Å². The van der Waals surface area contributed by atoms with Crippen LogP contribution in [0.2, 0.25) is 0 Å². The van der Waals surface area contributed by atoms with E-state index in [0.717, 1.165) is 5.56 Å². The number of carbonyl (C=O) groups excluding carboxylic acids is 4. The molecule has 4 amide bonds. The van der Waals surface area contributed by atoms with Gasteiger partial charge in [-0.05, 0) is 42.3 Å². The Morgan fingerprint density at radius 1 is 1.08 bits per heavy atom. The van der Waals surface area contributed by atoms with Crippen molar-refractivity contribution in [2.45, 2.75) is 25.4 Å². The predicted octanol–water partition coefficient (Wildman–Crippen LogP) is 0.861. The third-order valence-electron chi connectivity index (χ3n) is 6.22. The lowest BCUT2D eigenvalue weighted by atomic mass is 10.0. The van der Waals surface area contributed by atoms with Crippen molar-refractivity contribution in [3.8, 4) is 11.5 Å². The molecule has 0 bridgehead atoms. The zero-order valence-corrected chi connectivity index (χ0v) is 19.2. The van der Waals surface area contributed by atoms with E-state index in [1.165, 1.54) is 26.7 Å². The Kier molecular flexibility index (Phi) is 5.29. The minimum atomic E-state index is -0.690. The second-order valence-electron chi connectivity index (χ2n) is 8.61. The van der Waals surface area contributed by atoms with Gasteiger partial charge >= 0.3 is 0 Å². The predicted molar refractivity (Wildman–Crippen MR) is 127 cm³/mol. The smallest absolute Gasteiger partial charge is 0.277 e. The Hall–Kier alpha value is -5.20. The monoisotopic (exact) mass is 497 g/mol. The number of hydrogen-bond acceptors (Lipinski definition) is 8. The number of carbonyl (C=O) groups is 4. The third kappa shape index (κ3) is 4.11. The number of hydrogen-bond donors (Lipinski definition) is 2. The van der Waals surface area contributed by atoms with Crippen LogP contribution in [0.3, 0.4) is 0 Å². The van der Waals surface area contributed by atoms with E-state index in [0.29, 0.717) is 29.2 Å². The molecule has 0 spiro atoms. The van der Waals surface area contributed by atoms with Crippen LogP contribution in [-0.2, 0) is 16.1 Å². The molecule has 13 heteroatoms. The lowest BCUT2D eigenvalue weighted by molar-refractivity contribution is -0.136. The molecular weight excluding hydrogens is 478 g/mol. The number of nitrogens with one attached hydrogen (secondary N) is 2. The second kappa shape index (κ2) is 8.78. The first-order valence-electron chi connectivity index (χ1n) is 11.4.